The number of aromatic nitrogens is 4. The second-order valence-corrected chi connectivity index (χ2v) is 13.1. The van der Waals surface area contributed by atoms with Gasteiger partial charge in [-0.25, -0.2) is 9.97 Å². The minimum absolute atomic E-state index is 0.487. The van der Waals surface area contributed by atoms with Crippen LogP contribution in [0, 0.1) is 0 Å². The lowest BCUT2D eigenvalue weighted by atomic mass is 9.80. The molecule has 2 aliphatic rings. The highest BCUT2D eigenvalue weighted by Gasteiger charge is 2.34. The number of nitrogens with zero attached hydrogens (tertiary/aromatic N) is 4. The van der Waals surface area contributed by atoms with E-state index in [1.165, 1.54) is 0 Å². The molecule has 0 saturated heterocycles. The molecular weight excluding hydrogens is 623 g/mol. The van der Waals surface area contributed by atoms with Gasteiger partial charge in [0.05, 0.1) is 56.4 Å². The molecule has 10 nitrogen and oxygen atoms in total. The van der Waals surface area contributed by atoms with Gasteiger partial charge in [0, 0.05) is 62.5 Å². The van der Waals surface area contributed by atoms with Crippen LogP contribution in [0.5, 0.6) is 0 Å². The van der Waals surface area contributed by atoms with E-state index in [4.69, 9.17) is 33.2 Å². The second-order valence-electron chi connectivity index (χ2n) is 12.3. The highest BCUT2D eigenvalue weighted by atomic mass is 35.5. The Balaban J connectivity index is 1.23. The van der Waals surface area contributed by atoms with Crippen LogP contribution < -0.4 is 21.3 Å². The molecule has 2 aromatic carbocycles. The molecule has 2 aliphatic carbocycles. The van der Waals surface area contributed by atoms with Gasteiger partial charge in [0.2, 0.25) is 0 Å². The zero-order chi connectivity index (χ0) is 32.3. The smallest absolute Gasteiger partial charge is 0.149 e. The highest BCUT2D eigenvalue weighted by Crippen LogP contribution is 2.42. The van der Waals surface area contributed by atoms with Crippen LogP contribution >= 0.6 is 23.2 Å². The number of hydrogen-bond acceptors (Lipinski definition) is 10. The highest BCUT2D eigenvalue weighted by molar-refractivity contribution is 6.39. The van der Waals surface area contributed by atoms with Gasteiger partial charge in [0.1, 0.15) is 11.6 Å². The Labute approximate surface area is 279 Å². The van der Waals surface area contributed by atoms with Crippen LogP contribution in [-0.2, 0) is 13.1 Å². The van der Waals surface area contributed by atoms with Crippen molar-refractivity contribution in [1.82, 2.24) is 30.6 Å². The van der Waals surface area contributed by atoms with Crippen LogP contribution in [0.25, 0.3) is 33.6 Å². The van der Waals surface area contributed by atoms with Crippen molar-refractivity contribution >= 4 is 34.8 Å². The lowest BCUT2D eigenvalue weighted by Crippen LogP contribution is -2.46. The van der Waals surface area contributed by atoms with Crippen LogP contribution in [-0.4, -0.2) is 68.5 Å². The molecule has 6 rings (SSSR count). The summed E-state index contributed by atoms with van der Waals surface area (Å²) in [4.78, 5) is 19.0. The minimum atomic E-state index is -0.609. The van der Waals surface area contributed by atoms with E-state index in [2.05, 4.69) is 31.2 Å². The van der Waals surface area contributed by atoms with Gasteiger partial charge in [0.15, 0.2) is 0 Å². The fourth-order valence-electron chi connectivity index (χ4n) is 5.97. The Hall–Kier alpha value is -3.38. The number of nitrogens with one attached hydrogen (secondary N) is 4. The predicted molar refractivity (Wildman–Crippen MR) is 184 cm³/mol. The summed E-state index contributed by atoms with van der Waals surface area (Å²) in [7, 11) is 3.62. The molecule has 12 heteroatoms. The van der Waals surface area contributed by atoms with Gasteiger partial charge in [-0.2, -0.15) is 0 Å². The molecule has 4 aromatic rings. The molecule has 0 radical (unpaired) electrons. The Kier molecular flexibility index (Phi) is 9.75. The van der Waals surface area contributed by atoms with Crippen molar-refractivity contribution < 1.29 is 10.2 Å². The van der Waals surface area contributed by atoms with Crippen LogP contribution in [0.1, 0.15) is 49.9 Å². The molecule has 0 unspecified atom stereocenters. The fourth-order valence-corrected chi connectivity index (χ4v) is 6.62. The molecule has 0 aliphatic heterocycles. The summed E-state index contributed by atoms with van der Waals surface area (Å²) >= 11 is 14.1. The first kappa shape index (κ1) is 32.6. The number of halogens is 2. The topological polar surface area (TPSA) is 140 Å². The Morgan fingerprint density at radius 3 is 1.39 bits per heavy atom. The summed E-state index contributed by atoms with van der Waals surface area (Å²) in [6, 6.07) is 11.5. The van der Waals surface area contributed by atoms with E-state index in [0.717, 1.165) is 72.2 Å². The summed E-state index contributed by atoms with van der Waals surface area (Å²) in [6.07, 6.45) is 8.87. The maximum Gasteiger partial charge on any atom is 0.149 e. The lowest BCUT2D eigenvalue weighted by molar-refractivity contribution is -0.0319. The molecular formula is C34H40Cl2N8O2. The largest absolute Gasteiger partial charge is 0.389 e. The Morgan fingerprint density at radius 1 is 0.652 bits per heavy atom. The molecule has 2 saturated carbocycles. The monoisotopic (exact) mass is 662 g/mol. The van der Waals surface area contributed by atoms with Crippen LogP contribution in [0.3, 0.4) is 0 Å². The van der Waals surface area contributed by atoms with Crippen molar-refractivity contribution in [1.29, 1.82) is 0 Å². The number of aliphatic hydroxyl groups is 2. The van der Waals surface area contributed by atoms with E-state index in [1.54, 1.807) is 12.4 Å². The molecule has 242 valence electrons. The summed E-state index contributed by atoms with van der Waals surface area (Å²) in [6.45, 7) is 2.03. The fraction of sp³-hybridized carbons (Fsp3) is 0.412. The summed E-state index contributed by atoms with van der Waals surface area (Å²) in [5, 5.41) is 34.7. The van der Waals surface area contributed by atoms with Gasteiger partial charge < -0.3 is 31.5 Å². The molecule has 46 heavy (non-hydrogen) atoms. The normalized spacial score (nSPS) is 16.4. The van der Waals surface area contributed by atoms with Crippen molar-refractivity contribution in [2.75, 3.05) is 37.8 Å². The minimum Gasteiger partial charge on any atom is -0.389 e. The third-order valence-corrected chi connectivity index (χ3v) is 9.89. The lowest BCUT2D eigenvalue weighted by Gasteiger charge is -2.36. The van der Waals surface area contributed by atoms with E-state index in [9.17, 15) is 10.2 Å². The van der Waals surface area contributed by atoms with Gasteiger partial charge in [-0.05, 0) is 38.5 Å². The van der Waals surface area contributed by atoms with Crippen molar-refractivity contribution in [2.45, 2.75) is 62.8 Å². The Morgan fingerprint density at radius 2 is 1.04 bits per heavy atom. The third kappa shape index (κ3) is 6.83. The third-order valence-electron chi connectivity index (χ3n) is 9.07. The van der Waals surface area contributed by atoms with E-state index in [-0.39, 0.29) is 0 Å². The molecule has 6 N–H and O–H groups in total. The van der Waals surface area contributed by atoms with E-state index in [0.29, 0.717) is 59.2 Å². The number of anilines is 2. The maximum absolute atomic E-state index is 10.4. The van der Waals surface area contributed by atoms with Gasteiger partial charge in [-0.15, -0.1) is 0 Å². The molecule has 2 fully saturated rings. The van der Waals surface area contributed by atoms with Gasteiger partial charge >= 0.3 is 0 Å². The zero-order valence-corrected chi connectivity index (χ0v) is 27.6. The standard InChI is InChI=1S/C34H40Cl2N8O2/c1-37-31-27(15-39-19-33(45)11-5-12-33)41-17-25(43-31)23-9-3-7-21(29(23)35)22-8-4-10-24(30(22)36)26-18-42-28(32(38-2)44-26)16-40-20-34(46)13-6-14-34/h3-4,7-10,17-18,39-40,45-46H,5-6,11-16,19-20H2,1-2H3,(H,37,43)(H,38,44). The summed E-state index contributed by atoms with van der Waals surface area (Å²) in [5.74, 6) is 1.28. The van der Waals surface area contributed by atoms with Crippen LogP contribution in [0.4, 0.5) is 11.6 Å². The average Bonchev–Trinajstić information content (AvgIpc) is 3.04. The van der Waals surface area contributed by atoms with Gasteiger partial charge in [-0.1, -0.05) is 59.6 Å². The van der Waals surface area contributed by atoms with Crippen molar-refractivity contribution in [2.24, 2.45) is 0 Å². The number of rotatable bonds is 13. The zero-order valence-electron chi connectivity index (χ0n) is 26.1. The quantitative estimate of drug-likeness (QED) is 0.106. The molecule has 0 spiro atoms. The first-order valence-corrected chi connectivity index (χ1v) is 16.5. The van der Waals surface area contributed by atoms with E-state index >= 15 is 0 Å². The number of benzene rings is 2. The summed E-state index contributed by atoms with van der Waals surface area (Å²) in [5.41, 5.74) is 4.54. The first-order chi connectivity index (χ1) is 22.2. The van der Waals surface area contributed by atoms with E-state index in [1.807, 2.05) is 50.5 Å². The SMILES string of the molecule is CNc1nc(-c2cccc(-c3cccc(-c4cnc(CNCC5(O)CCC5)c(NC)n4)c3Cl)c2Cl)cnc1CNCC1(O)CCC1. The molecule has 2 heterocycles. The van der Waals surface area contributed by atoms with E-state index < -0.39 is 11.2 Å². The molecule has 0 bridgehead atoms. The van der Waals surface area contributed by atoms with Crippen molar-refractivity contribution in [3.05, 3.63) is 70.2 Å². The summed E-state index contributed by atoms with van der Waals surface area (Å²) < 4.78 is 0. The first-order valence-electron chi connectivity index (χ1n) is 15.7. The second kappa shape index (κ2) is 13.8. The maximum atomic E-state index is 10.4. The van der Waals surface area contributed by atoms with Gasteiger partial charge in [-0.3, -0.25) is 9.97 Å². The van der Waals surface area contributed by atoms with Crippen LogP contribution in [0.15, 0.2) is 48.8 Å². The van der Waals surface area contributed by atoms with Crippen LogP contribution in [0.2, 0.25) is 10.0 Å². The average molecular weight is 664 g/mol. The molecule has 0 atom stereocenters. The number of hydrogen-bond donors (Lipinski definition) is 6. The molecule has 0 amide bonds. The Bertz CT molecular complexity index is 1590. The molecule has 2 aromatic heterocycles. The van der Waals surface area contributed by atoms with Crippen molar-refractivity contribution in [3.8, 4) is 33.6 Å². The predicted octanol–water partition coefficient (Wildman–Crippen LogP) is 5.67. The van der Waals surface area contributed by atoms with Gasteiger partial charge in [0.25, 0.3) is 0 Å². The van der Waals surface area contributed by atoms with Crippen molar-refractivity contribution in [3.63, 3.8) is 0 Å².